The van der Waals surface area contributed by atoms with Gasteiger partial charge in [0.05, 0.1) is 11.2 Å². The third kappa shape index (κ3) is 1.48. The average molecular weight is 153 g/mol. The molecule has 0 atom stereocenters. The van der Waals surface area contributed by atoms with Crippen molar-refractivity contribution >= 4 is 0 Å². The number of likely N-dealkylation sites (N-methyl/N-ethyl adjacent to an activating group) is 1. The van der Waals surface area contributed by atoms with E-state index >= 15 is 0 Å². The summed E-state index contributed by atoms with van der Waals surface area (Å²) in [6.45, 7) is 2.07. The monoisotopic (exact) mass is 153 g/mol. The highest BCUT2D eigenvalue weighted by Gasteiger charge is 2.44. The van der Waals surface area contributed by atoms with Crippen molar-refractivity contribution in [1.29, 1.82) is 5.53 Å². The van der Waals surface area contributed by atoms with Crippen molar-refractivity contribution in [2.45, 2.75) is 31.7 Å². The first-order chi connectivity index (χ1) is 5.29. The number of nitrogens with one attached hydrogen (secondary N) is 2. The summed E-state index contributed by atoms with van der Waals surface area (Å²) < 4.78 is 0. The molecule has 1 aliphatic carbocycles. The highest BCUT2D eigenvalue weighted by Crippen LogP contribution is 2.42. The van der Waals surface area contributed by atoms with Gasteiger partial charge in [-0.25, -0.2) is 5.53 Å². The van der Waals surface area contributed by atoms with Crippen molar-refractivity contribution in [3.63, 3.8) is 0 Å². The second-order valence-electron chi connectivity index (χ2n) is 2.94. The summed E-state index contributed by atoms with van der Waals surface area (Å²) >= 11 is 0. The van der Waals surface area contributed by atoms with Gasteiger partial charge in [0.1, 0.15) is 0 Å². The first-order valence-electron chi connectivity index (χ1n) is 4.06. The van der Waals surface area contributed by atoms with Gasteiger partial charge in [0.2, 0.25) is 0 Å². The Morgan fingerprint density at radius 2 is 2.36 bits per heavy atom. The Kier molecular flexibility index (Phi) is 2.39. The Labute approximate surface area is 67.4 Å². The predicted molar refractivity (Wildman–Crippen MR) is 44.5 cm³/mol. The SMILES string of the molecule is CC/C=C(\N=N)C1(NC)CC1. The van der Waals surface area contributed by atoms with Gasteiger partial charge >= 0.3 is 0 Å². The maximum atomic E-state index is 6.98. The zero-order chi connectivity index (χ0) is 8.32. The van der Waals surface area contributed by atoms with Crippen LogP contribution in [0.15, 0.2) is 16.9 Å². The topological polar surface area (TPSA) is 48.2 Å². The van der Waals surface area contributed by atoms with Crippen LogP contribution in [0.5, 0.6) is 0 Å². The van der Waals surface area contributed by atoms with E-state index in [0.717, 1.165) is 25.0 Å². The van der Waals surface area contributed by atoms with Crippen LogP contribution >= 0.6 is 0 Å². The van der Waals surface area contributed by atoms with E-state index in [2.05, 4.69) is 17.4 Å². The molecule has 0 radical (unpaired) electrons. The summed E-state index contributed by atoms with van der Waals surface area (Å²) in [5.74, 6) is 0. The maximum Gasteiger partial charge on any atom is 0.0784 e. The molecule has 11 heavy (non-hydrogen) atoms. The van der Waals surface area contributed by atoms with E-state index in [1.807, 2.05) is 13.1 Å². The van der Waals surface area contributed by atoms with Crippen LogP contribution in [0, 0.1) is 5.53 Å². The van der Waals surface area contributed by atoms with E-state index in [1.165, 1.54) is 0 Å². The lowest BCUT2D eigenvalue weighted by Crippen LogP contribution is -2.28. The van der Waals surface area contributed by atoms with Gasteiger partial charge in [-0.1, -0.05) is 13.0 Å². The highest BCUT2D eigenvalue weighted by molar-refractivity contribution is 5.26. The molecule has 0 aromatic heterocycles. The molecule has 0 aliphatic heterocycles. The van der Waals surface area contributed by atoms with Crippen LogP contribution in [0.2, 0.25) is 0 Å². The lowest BCUT2D eigenvalue weighted by Gasteiger charge is -2.12. The van der Waals surface area contributed by atoms with E-state index in [9.17, 15) is 0 Å². The minimum atomic E-state index is 0.0672. The molecular formula is C8H15N3. The van der Waals surface area contributed by atoms with Gasteiger partial charge < -0.3 is 5.32 Å². The number of nitrogens with zero attached hydrogens (tertiary/aromatic N) is 1. The lowest BCUT2D eigenvalue weighted by atomic mass is 10.1. The fourth-order valence-corrected chi connectivity index (χ4v) is 1.30. The standard InChI is InChI=1S/C8H15N3/c1-3-4-7(11-9)8(10-2)5-6-8/h4,9-10H,3,5-6H2,1-2H3/b7-4-,11-9?. The van der Waals surface area contributed by atoms with Crippen molar-refractivity contribution in [2.24, 2.45) is 5.11 Å². The third-order valence-electron chi connectivity index (χ3n) is 2.24. The van der Waals surface area contributed by atoms with Crippen LogP contribution in [-0.4, -0.2) is 12.6 Å². The Morgan fingerprint density at radius 3 is 2.64 bits per heavy atom. The number of hydrogen-bond acceptors (Lipinski definition) is 3. The number of hydrogen-bond donors (Lipinski definition) is 2. The molecule has 1 saturated carbocycles. The van der Waals surface area contributed by atoms with E-state index < -0.39 is 0 Å². The molecule has 2 N–H and O–H groups in total. The molecule has 62 valence electrons. The molecule has 1 fully saturated rings. The van der Waals surface area contributed by atoms with Gasteiger partial charge in [0.25, 0.3) is 0 Å². The van der Waals surface area contributed by atoms with Crippen molar-refractivity contribution in [3.8, 4) is 0 Å². The smallest absolute Gasteiger partial charge is 0.0784 e. The first-order valence-corrected chi connectivity index (χ1v) is 4.06. The third-order valence-corrected chi connectivity index (χ3v) is 2.24. The fourth-order valence-electron chi connectivity index (χ4n) is 1.30. The van der Waals surface area contributed by atoms with Crippen LogP contribution < -0.4 is 5.32 Å². The normalized spacial score (nSPS) is 21.5. The Hall–Kier alpha value is -0.700. The molecular weight excluding hydrogens is 138 g/mol. The molecule has 3 nitrogen and oxygen atoms in total. The van der Waals surface area contributed by atoms with Crippen molar-refractivity contribution in [1.82, 2.24) is 5.32 Å². The van der Waals surface area contributed by atoms with Crippen LogP contribution in [-0.2, 0) is 0 Å². The molecule has 0 aromatic rings. The Balaban J connectivity index is 2.69. The number of rotatable bonds is 4. The molecule has 3 heteroatoms. The Morgan fingerprint density at radius 1 is 1.73 bits per heavy atom. The van der Waals surface area contributed by atoms with Crippen LogP contribution in [0.3, 0.4) is 0 Å². The zero-order valence-electron chi connectivity index (χ0n) is 7.15. The quantitative estimate of drug-likeness (QED) is 0.597. The van der Waals surface area contributed by atoms with Crippen LogP contribution in [0.4, 0.5) is 0 Å². The van der Waals surface area contributed by atoms with Gasteiger partial charge in [-0.05, 0) is 26.3 Å². The average Bonchev–Trinajstić information content (AvgIpc) is 2.81. The molecule has 0 aromatic carbocycles. The molecule has 1 rings (SSSR count). The van der Waals surface area contributed by atoms with E-state index in [4.69, 9.17) is 5.53 Å². The molecule has 0 amide bonds. The minimum absolute atomic E-state index is 0.0672. The lowest BCUT2D eigenvalue weighted by molar-refractivity contribution is 0.613. The van der Waals surface area contributed by atoms with Gasteiger partial charge in [-0.3, -0.25) is 0 Å². The molecule has 1 aliphatic rings. The molecule has 0 spiro atoms. The summed E-state index contributed by atoms with van der Waals surface area (Å²) in [6, 6.07) is 0. The van der Waals surface area contributed by atoms with Gasteiger partial charge in [-0.2, -0.15) is 5.11 Å². The van der Waals surface area contributed by atoms with Crippen molar-refractivity contribution in [2.75, 3.05) is 7.05 Å². The van der Waals surface area contributed by atoms with Crippen LogP contribution in [0.1, 0.15) is 26.2 Å². The summed E-state index contributed by atoms with van der Waals surface area (Å²) in [5, 5.41) is 6.74. The predicted octanol–water partition coefficient (Wildman–Crippen LogP) is 2.06. The zero-order valence-corrected chi connectivity index (χ0v) is 7.15. The van der Waals surface area contributed by atoms with E-state index in [1.54, 1.807) is 0 Å². The second kappa shape index (κ2) is 3.13. The molecule has 0 bridgehead atoms. The van der Waals surface area contributed by atoms with Gasteiger partial charge in [0.15, 0.2) is 0 Å². The Bertz CT molecular complexity index is 180. The summed E-state index contributed by atoms with van der Waals surface area (Å²) in [5.41, 5.74) is 7.95. The van der Waals surface area contributed by atoms with Crippen molar-refractivity contribution < 1.29 is 0 Å². The van der Waals surface area contributed by atoms with E-state index in [-0.39, 0.29) is 5.54 Å². The second-order valence-corrected chi connectivity index (χ2v) is 2.94. The van der Waals surface area contributed by atoms with Crippen LogP contribution in [0.25, 0.3) is 0 Å². The largest absolute Gasteiger partial charge is 0.309 e. The maximum absolute atomic E-state index is 6.98. The summed E-state index contributed by atoms with van der Waals surface area (Å²) in [4.78, 5) is 0. The fraction of sp³-hybridized carbons (Fsp3) is 0.750. The number of allylic oxidation sites excluding steroid dienone is 1. The van der Waals surface area contributed by atoms with Crippen molar-refractivity contribution in [3.05, 3.63) is 11.8 Å². The highest BCUT2D eigenvalue weighted by atomic mass is 15.1. The van der Waals surface area contributed by atoms with E-state index in [0.29, 0.717) is 0 Å². The minimum Gasteiger partial charge on any atom is -0.309 e. The molecule has 0 saturated heterocycles. The van der Waals surface area contributed by atoms with Gasteiger partial charge in [0, 0.05) is 0 Å². The van der Waals surface area contributed by atoms with Gasteiger partial charge in [-0.15, -0.1) is 0 Å². The summed E-state index contributed by atoms with van der Waals surface area (Å²) in [7, 11) is 1.93. The first kappa shape index (κ1) is 8.40. The molecule has 0 heterocycles. The summed E-state index contributed by atoms with van der Waals surface area (Å²) in [6.07, 6.45) is 5.23. The molecule has 0 unspecified atom stereocenters.